The van der Waals surface area contributed by atoms with E-state index < -0.39 is 0 Å². The Morgan fingerprint density at radius 2 is 1.00 bits per heavy atom. The summed E-state index contributed by atoms with van der Waals surface area (Å²) in [6, 6.07) is 0. The molecule has 5 heavy (non-hydrogen) atoms. The van der Waals surface area contributed by atoms with E-state index in [0.717, 1.165) is 0 Å². The summed E-state index contributed by atoms with van der Waals surface area (Å²) in [7, 11) is 0. The number of hydrogen-bond acceptors (Lipinski definition) is 0. The molecule has 0 bridgehead atoms. The third kappa shape index (κ3) is 19.6. The van der Waals surface area contributed by atoms with E-state index in [1.807, 2.05) is 0 Å². The zero-order valence-corrected chi connectivity index (χ0v) is 10.1. The smallest absolute Gasteiger partial charge is 0 e. The van der Waals surface area contributed by atoms with Crippen LogP contribution >= 0.6 is 0 Å². The molecular formula is H3AlCuMnTaZn. The maximum atomic E-state index is 0. The second-order valence-corrected chi connectivity index (χ2v) is 0. The standard InChI is InChI=1S/Al.Cu.Mn.Ta.Zn.3H. The monoisotopic (exact) mass is 393 g/mol. The maximum absolute atomic E-state index is 0. The molecule has 3 radical (unpaired) electrons. The average molecular weight is 395 g/mol. The van der Waals surface area contributed by atoms with Gasteiger partial charge in [0.25, 0.3) is 0 Å². The Labute approximate surface area is 91.9 Å². The van der Waals surface area contributed by atoms with Crippen LogP contribution in [0.4, 0.5) is 0 Å². The van der Waals surface area contributed by atoms with E-state index in [1.54, 1.807) is 0 Å². The van der Waals surface area contributed by atoms with Gasteiger partial charge in [0.2, 0.25) is 0 Å². The van der Waals surface area contributed by atoms with Gasteiger partial charge in [-0.25, -0.2) is 0 Å². The third-order valence-corrected chi connectivity index (χ3v) is 0. The van der Waals surface area contributed by atoms with Crippen LogP contribution in [0.25, 0.3) is 0 Å². The fourth-order valence-electron chi connectivity index (χ4n) is 0. The van der Waals surface area contributed by atoms with Gasteiger partial charge in [-0.2, -0.15) is 0 Å². The SMILES string of the molecule is [AlH3].[Cu].[Mn].[Ta].[Zn]. The largest absolute Gasteiger partial charge is 0.187 e. The van der Waals surface area contributed by atoms with Gasteiger partial charge in [0.1, 0.15) is 0 Å². The van der Waals surface area contributed by atoms with E-state index in [2.05, 4.69) is 0 Å². The Morgan fingerprint density at radius 3 is 1.00 bits per heavy atom. The van der Waals surface area contributed by atoms with Gasteiger partial charge < -0.3 is 0 Å². The molecule has 31 valence electrons. The van der Waals surface area contributed by atoms with Crippen LogP contribution in [0.3, 0.4) is 0 Å². The first-order chi connectivity index (χ1) is 0. The Balaban J connectivity index is 0. The van der Waals surface area contributed by atoms with E-state index in [1.165, 1.54) is 0 Å². The van der Waals surface area contributed by atoms with Gasteiger partial charge in [0.05, 0.1) is 0 Å². The van der Waals surface area contributed by atoms with Crippen LogP contribution in [0.5, 0.6) is 0 Å². The summed E-state index contributed by atoms with van der Waals surface area (Å²) in [5, 5.41) is 0. The first-order valence-corrected chi connectivity index (χ1v) is 0. The summed E-state index contributed by atoms with van der Waals surface area (Å²) >= 11 is 0. The second kappa shape index (κ2) is 28.4. The average Bonchev–Trinajstić information content (AvgIpc) is 0. The molecule has 0 unspecified atom stereocenters. The first-order valence-electron chi connectivity index (χ1n) is 0. The molecule has 0 saturated heterocycles. The Morgan fingerprint density at radius 1 is 1.00 bits per heavy atom. The molecule has 0 aromatic rings. The Bertz CT molecular complexity index is 11.6. The van der Waals surface area contributed by atoms with Crippen LogP contribution in [0.1, 0.15) is 0 Å². The Kier molecular flexibility index (Phi) is 251. The van der Waals surface area contributed by atoms with Crippen molar-refractivity contribution in [2.75, 3.05) is 0 Å². The topological polar surface area (TPSA) is 0 Å². The minimum absolute atomic E-state index is 0. The van der Waals surface area contributed by atoms with Gasteiger partial charge in [0.15, 0.2) is 17.4 Å². The molecule has 0 rings (SSSR count). The molecule has 0 heterocycles. The summed E-state index contributed by atoms with van der Waals surface area (Å²) < 4.78 is 0. The fourth-order valence-corrected chi connectivity index (χ4v) is 0. The number of hydrogen-bond donors (Lipinski definition) is 0. The molecule has 0 aromatic carbocycles. The molecule has 0 spiro atoms. The van der Waals surface area contributed by atoms with Crippen molar-refractivity contribution in [3.05, 3.63) is 0 Å². The quantitative estimate of drug-likeness (QED) is 0.453. The predicted molar refractivity (Wildman–Crippen MR) is 9.94 cm³/mol. The van der Waals surface area contributed by atoms with E-state index in [4.69, 9.17) is 0 Å². The summed E-state index contributed by atoms with van der Waals surface area (Å²) in [5.41, 5.74) is 0. The van der Waals surface area contributed by atoms with Crippen LogP contribution in [0.15, 0.2) is 0 Å². The minimum atomic E-state index is 0. The van der Waals surface area contributed by atoms with Crippen LogP contribution < -0.4 is 0 Å². The van der Waals surface area contributed by atoms with Crippen LogP contribution in [0.2, 0.25) is 0 Å². The maximum Gasteiger partial charge on any atom is 0.187 e. The molecular weight excluding hydrogens is 392 g/mol. The molecule has 0 saturated carbocycles. The van der Waals surface area contributed by atoms with Crippen LogP contribution in [-0.2, 0) is 76.0 Å². The first kappa shape index (κ1) is 44.3. The van der Waals surface area contributed by atoms with Crippen molar-refractivity contribution in [2.24, 2.45) is 0 Å². The van der Waals surface area contributed by atoms with Crippen molar-refractivity contribution in [1.29, 1.82) is 0 Å². The zero-order chi connectivity index (χ0) is 0. The molecule has 0 atom stereocenters. The number of rotatable bonds is 0. The summed E-state index contributed by atoms with van der Waals surface area (Å²) in [6.45, 7) is 0. The van der Waals surface area contributed by atoms with Gasteiger partial charge >= 0.3 is 0 Å². The van der Waals surface area contributed by atoms with Crippen LogP contribution in [-0.4, -0.2) is 17.4 Å². The summed E-state index contributed by atoms with van der Waals surface area (Å²) in [4.78, 5) is 0. The van der Waals surface area contributed by atoms with E-state index in [-0.39, 0.29) is 93.4 Å². The van der Waals surface area contributed by atoms with Crippen molar-refractivity contribution < 1.29 is 76.0 Å². The molecule has 0 N–H and O–H groups in total. The van der Waals surface area contributed by atoms with E-state index in [9.17, 15) is 0 Å². The van der Waals surface area contributed by atoms with Crippen LogP contribution in [0, 0.1) is 0 Å². The molecule has 5 heteroatoms. The van der Waals surface area contributed by atoms with Crippen molar-refractivity contribution in [3.63, 3.8) is 0 Å². The molecule has 0 nitrogen and oxygen atoms in total. The second-order valence-electron chi connectivity index (χ2n) is 0. The third-order valence-electron chi connectivity index (χ3n) is 0. The van der Waals surface area contributed by atoms with Gasteiger partial charge in [-0.3, -0.25) is 0 Å². The van der Waals surface area contributed by atoms with E-state index in [0.29, 0.717) is 0 Å². The molecule has 0 aliphatic carbocycles. The van der Waals surface area contributed by atoms with E-state index >= 15 is 0 Å². The van der Waals surface area contributed by atoms with Gasteiger partial charge in [-0.15, -0.1) is 0 Å². The predicted octanol–water partition coefficient (Wildman–Crippen LogP) is -1.19. The van der Waals surface area contributed by atoms with Gasteiger partial charge in [0, 0.05) is 76.0 Å². The fraction of sp³-hybridized carbons (Fsp3) is 0. The zero-order valence-electron chi connectivity index (χ0n) is 1.83. The van der Waals surface area contributed by atoms with Gasteiger partial charge in [-0.05, 0) is 0 Å². The van der Waals surface area contributed by atoms with Gasteiger partial charge in [-0.1, -0.05) is 0 Å². The Hall–Kier alpha value is 2.94. The van der Waals surface area contributed by atoms with Crippen molar-refractivity contribution >= 4 is 17.4 Å². The van der Waals surface area contributed by atoms with Crippen molar-refractivity contribution in [2.45, 2.75) is 0 Å². The minimum Gasteiger partial charge on any atom is 0 e. The molecule has 0 aliphatic heterocycles. The summed E-state index contributed by atoms with van der Waals surface area (Å²) in [6.07, 6.45) is 0. The molecule has 0 fully saturated rings. The van der Waals surface area contributed by atoms with Crippen molar-refractivity contribution in [1.82, 2.24) is 0 Å². The summed E-state index contributed by atoms with van der Waals surface area (Å²) in [5.74, 6) is 0. The molecule has 0 amide bonds. The molecule has 0 aromatic heterocycles. The molecule has 0 aliphatic rings. The normalized spacial score (nSPS) is 0. The van der Waals surface area contributed by atoms with Crippen molar-refractivity contribution in [3.8, 4) is 0 Å².